The summed E-state index contributed by atoms with van der Waals surface area (Å²) < 4.78 is 4.93. The maximum absolute atomic E-state index is 12.0. The molecule has 0 bridgehead atoms. The Morgan fingerprint density at radius 2 is 1.91 bits per heavy atom. The summed E-state index contributed by atoms with van der Waals surface area (Å²) in [7, 11) is 1.60. The van der Waals surface area contributed by atoms with Gasteiger partial charge in [0.2, 0.25) is 5.01 Å². The molecule has 0 spiro atoms. The molecular weight excluding hydrogens is 424 g/mol. The monoisotopic (exact) mass is 450 g/mol. The van der Waals surface area contributed by atoms with Crippen LogP contribution >= 0.6 is 11.3 Å². The number of aromatic amines is 1. The number of amides is 1. The van der Waals surface area contributed by atoms with Crippen molar-refractivity contribution in [2.75, 3.05) is 20.3 Å². The van der Waals surface area contributed by atoms with Crippen molar-refractivity contribution in [2.24, 2.45) is 0 Å². The zero-order chi connectivity index (χ0) is 22.2. The summed E-state index contributed by atoms with van der Waals surface area (Å²) in [6.07, 6.45) is 4.42. The first-order valence-electron chi connectivity index (χ1n) is 10.7. The van der Waals surface area contributed by atoms with Crippen LogP contribution in [0.4, 0.5) is 0 Å². The predicted molar refractivity (Wildman–Crippen MR) is 124 cm³/mol. The Hall–Kier alpha value is -3.17. The molecule has 0 atom stereocenters. The Balaban J connectivity index is 1.25. The second kappa shape index (κ2) is 10.9. The molecular formula is C23H26N6O2S. The summed E-state index contributed by atoms with van der Waals surface area (Å²) in [6, 6.07) is 14.6. The molecule has 1 amide bonds. The van der Waals surface area contributed by atoms with E-state index in [2.05, 4.69) is 67.1 Å². The van der Waals surface area contributed by atoms with E-state index in [-0.39, 0.29) is 5.91 Å². The van der Waals surface area contributed by atoms with Crippen molar-refractivity contribution in [2.45, 2.75) is 32.1 Å². The zero-order valence-electron chi connectivity index (χ0n) is 18.0. The van der Waals surface area contributed by atoms with Gasteiger partial charge in [0.1, 0.15) is 5.01 Å². The third-order valence-corrected chi connectivity index (χ3v) is 6.03. The Morgan fingerprint density at radius 1 is 1.06 bits per heavy atom. The summed E-state index contributed by atoms with van der Waals surface area (Å²) >= 11 is 1.34. The maximum Gasteiger partial charge on any atom is 0.282 e. The molecule has 0 aliphatic carbocycles. The Bertz CT molecular complexity index is 1160. The van der Waals surface area contributed by atoms with Crippen molar-refractivity contribution < 1.29 is 9.53 Å². The number of methoxy groups -OCH3 is 1. The van der Waals surface area contributed by atoms with Gasteiger partial charge in [0.05, 0.1) is 12.3 Å². The number of benzene rings is 1. The van der Waals surface area contributed by atoms with Gasteiger partial charge in [-0.2, -0.15) is 5.10 Å². The first-order chi connectivity index (χ1) is 15.7. The highest BCUT2D eigenvalue weighted by Crippen LogP contribution is 2.18. The normalized spacial score (nSPS) is 11.2. The number of aryl methyl sites for hydroxylation is 2. The summed E-state index contributed by atoms with van der Waals surface area (Å²) in [6.45, 7) is 0.938. The van der Waals surface area contributed by atoms with Crippen LogP contribution in [0.2, 0.25) is 0 Å². The molecule has 0 aliphatic rings. The minimum absolute atomic E-state index is 0.201. The lowest BCUT2D eigenvalue weighted by Crippen LogP contribution is -2.26. The van der Waals surface area contributed by atoms with Crippen LogP contribution in [0.25, 0.3) is 11.0 Å². The molecule has 2 N–H and O–H groups in total. The molecule has 8 nitrogen and oxygen atoms in total. The first kappa shape index (κ1) is 22.0. The van der Waals surface area contributed by atoms with Gasteiger partial charge in [-0.1, -0.05) is 41.7 Å². The van der Waals surface area contributed by atoms with Gasteiger partial charge in [-0.05, 0) is 37.0 Å². The van der Waals surface area contributed by atoms with Crippen LogP contribution in [0.3, 0.4) is 0 Å². The highest BCUT2D eigenvalue weighted by molar-refractivity contribution is 7.13. The number of rotatable bonds is 11. The predicted octanol–water partition coefficient (Wildman–Crippen LogP) is 3.34. The van der Waals surface area contributed by atoms with Crippen LogP contribution in [0.1, 0.15) is 44.6 Å². The van der Waals surface area contributed by atoms with Crippen molar-refractivity contribution >= 4 is 28.3 Å². The molecule has 0 saturated carbocycles. The van der Waals surface area contributed by atoms with Crippen LogP contribution < -0.4 is 5.32 Å². The van der Waals surface area contributed by atoms with E-state index in [9.17, 15) is 4.79 Å². The van der Waals surface area contributed by atoms with Crippen molar-refractivity contribution in [1.82, 2.24) is 30.7 Å². The number of nitrogens with one attached hydrogen (secondary N) is 2. The topological polar surface area (TPSA) is 106 Å². The van der Waals surface area contributed by atoms with Gasteiger partial charge in [0.15, 0.2) is 5.65 Å². The van der Waals surface area contributed by atoms with Gasteiger partial charge < -0.3 is 15.0 Å². The molecule has 0 aliphatic heterocycles. The van der Waals surface area contributed by atoms with E-state index in [0.29, 0.717) is 18.2 Å². The van der Waals surface area contributed by atoms with Gasteiger partial charge in [-0.15, -0.1) is 15.3 Å². The number of hydrogen-bond acceptors (Lipinski definition) is 7. The smallest absolute Gasteiger partial charge is 0.282 e. The Kier molecular flexibility index (Phi) is 7.52. The molecule has 0 radical (unpaired) electrons. The first-order valence-corrected chi connectivity index (χ1v) is 11.5. The molecule has 4 aromatic rings. The number of carbonyl (C=O) groups is 1. The lowest BCUT2D eigenvalue weighted by molar-refractivity contribution is 0.0936. The highest BCUT2D eigenvalue weighted by atomic mass is 32.1. The number of hydrogen-bond donors (Lipinski definition) is 2. The van der Waals surface area contributed by atoms with Crippen molar-refractivity contribution in [3.05, 3.63) is 69.4 Å². The quantitative estimate of drug-likeness (QED) is 0.340. The zero-order valence-corrected chi connectivity index (χ0v) is 18.8. The van der Waals surface area contributed by atoms with Crippen LogP contribution in [-0.4, -0.2) is 51.5 Å². The molecule has 3 aromatic heterocycles. The molecule has 1 aromatic carbocycles. The van der Waals surface area contributed by atoms with E-state index in [1.807, 2.05) is 6.07 Å². The molecule has 166 valence electrons. The summed E-state index contributed by atoms with van der Waals surface area (Å²) in [5.41, 5.74) is 4.21. The van der Waals surface area contributed by atoms with Crippen molar-refractivity contribution in [3.8, 4) is 0 Å². The second-order valence-electron chi connectivity index (χ2n) is 7.55. The average molecular weight is 451 g/mol. The lowest BCUT2D eigenvalue weighted by Gasteiger charge is -2.00. The SMILES string of the molecule is COCCNC(=O)c1nnc(CCCCc2cc3cc(Cc4ccccc4)[nH]c3nn2)s1. The molecule has 4 rings (SSSR count). The largest absolute Gasteiger partial charge is 0.383 e. The van der Waals surface area contributed by atoms with Gasteiger partial charge in [-0.25, -0.2) is 0 Å². The van der Waals surface area contributed by atoms with Crippen LogP contribution in [0.15, 0.2) is 42.5 Å². The number of nitrogens with zero attached hydrogens (tertiary/aromatic N) is 4. The minimum Gasteiger partial charge on any atom is -0.383 e. The lowest BCUT2D eigenvalue weighted by atomic mass is 10.1. The molecule has 3 heterocycles. The number of carbonyl (C=O) groups excluding carboxylic acids is 1. The highest BCUT2D eigenvalue weighted by Gasteiger charge is 2.12. The van der Waals surface area contributed by atoms with E-state index >= 15 is 0 Å². The van der Waals surface area contributed by atoms with Crippen molar-refractivity contribution in [1.29, 1.82) is 0 Å². The molecule has 9 heteroatoms. The number of aromatic nitrogens is 5. The number of ether oxygens (including phenoxy) is 1. The molecule has 32 heavy (non-hydrogen) atoms. The third-order valence-electron chi connectivity index (χ3n) is 5.05. The van der Waals surface area contributed by atoms with E-state index in [4.69, 9.17) is 4.74 Å². The molecule has 0 unspecified atom stereocenters. The van der Waals surface area contributed by atoms with E-state index in [0.717, 1.165) is 59.5 Å². The fourth-order valence-electron chi connectivity index (χ4n) is 3.44. The minimum atomic E-state index is -0.201. The fraction of sp³-hybridized carbons (Fsp3) is 0.348. The van der Waals surface area contributed by atoms with E-state index < -0.39 is 0 Å². The summed E-state index contributed by atoms with van der Waals surface area (Å²) in [4.78, 5) is 15.3. The molecule has 0 saturated heterocycles. The van der Waals surface area contributed by atoms with Crippen LogP contribution in [0.5, 0.6) is 0 Å². The van der Waals surface area contributed by atoms with Gasteiger partial charge >= 0.3 is 0 Å². The Labute approximate surface area is 190 Å². The second-order valence-corrected chi connectivity index (χ2v) is 8.62. The number of unbranched alkanes of at least 4 members (excludes halogenated alkanes) is 1. The van der Waals surface area contributed by atoms with Crippen molar-refractivity contribution in [3.63, 3.8) is 0 Å². The molecule has 0 fully saturated rings. The van der Waals surface area contributed by atoms with E-state index in [1.54, 1.807) is 7.11 Å². The summed E-state index contributed by atoms with van der Waals surface area (Å²) in [5.74, 6) is -0.201. The van der Waals surface area contributed by atoms with E-state index in [1.165, 1.54) is 16.9 Å². The summed E-state index contributed by atoms with van der Waals surface area (Å²) in [5, 5.41) is 22.0. The Morgan fingerprint density at radius 3 is 2.75 bits per heavy atom. The van der Waals surface area contributed by atoms with Gasteiger partial charge in [0.25, 0.3) is 5.91 Å². The standard InChI is InChI=1S/C23H26N6O2S/c1-31-12-11-24-22(30)23-29-27-20(32-23)10-6-5-9-18-14-17-15-19(25-21(17)28-26-18)13-16-7-3-2-4-8-16/h2-4,7-8,14-15H,5-6,9-13H2,1H3,(H,24,30)(H,25,28). The van der Waals surface area contributed by atoms with Gasteiger partial charge in [-0.3, -0.25) is 4.79 Å². The number of H-pyrrole nitrogens is 1. The average Bonchev–Trinajstić information content (AvgIpc) is 3.44. The van der Waals surface area contributed by atoms with Crippen LogP contribution in [-0.2, 0) is 24.0 Å². The number of fused-ring (bicyclic) bond motifs is 1. The van der Waals surface area contributed by atoms with Crippen LogP contribution in [0, 0.1) is 0 Å². The van der Waals surface area contributed by atoms with Gasteiger partial charge in [0, 0.05) is 37.6 Å². The third kappa shape index (κ3) is 5.95. The maximum atomic E-state index is 12.0. The fourth-order valence-corrected chi connectivity index (χ4v) is 4.23.